The van der Waals surface area contributed by atoms with Gasteiger partial charge >= 0.3 is 0 Å². The van der Waals surface area contributed by atoms with E-state index in [0.29, 0.717) is 5.41 Å². The summed E-state index contributed by atoms with van der Waals surface area (Å²) >= 11 is 0. The van der Waals surface area contributed by atoms with Crippen molar-refractivity contribution in [1.82, 2.24) is 0 Å². The van der Waals surface area contributed by atoms with Crippen LogP contribution in [-0.4, -0.2) is 6.29 Å². The summed E-state index contributed by atoms with van der Waals surface area (Å²) in [6, 6.07) is 0. The summed E-state index contributed by atoms with van der Waals surface area (Å²) in [5, 5.41) is 0. The third-order valence-electron chi connectivity index (χ3n) is 4.18. The Bertz CT molecular complexity index is 444. The molecule has 110 valence electrons. The van der Waals surface area contributed by atoms with E-state index in [0.717, 1.165) is 18.3 Å². The molecule has 1 aliphatic rings. The first-order valence-electron chi connectivity index (χ1n) is 7.62. The Balaban J connectivity index is 2.48. The van der Waals surface area contributed by atoms with E-state index in [1.165, 1.54) is 25.7 Å². The van der Waals surface area contributed by atoms with Gasteiger partial charge in [0.2, 0.25) is 0 Å². The Morgan fingerprint density at radius 1 is 1.30 bits per heavy atom. The van der Waals surface area contributed by atoms with Crippen LogP contribution in [0.25, 0.3) is 0 Å². The van der Waals surface area contributed by atoms with E-state index in [2.05, 4.69) is 32.9 Å². The zero-order valence-electron chi connectivity index (χ0n) is 13.4. The molecule has 20 heavy (non-hydrogen) atoms. The SMILES string of the molecule is CC1=C(CC/C=C/C=C/C(C)=C/C=O)C(C)(C)CCC1. The van der Waals surface area contributed by atoms with Gasteiger partial charge in [0, 0.05) is 0 Å². The molecule has 0 aromatic heterocycles. The van der Waals surface area contributed by atoms with Crippen LogP contribution in [0.15, 0.2) is 47.1 Å². The highest BCUT2D eigenvalue weighted by Crippen LogP contribution is 2.42. The maximum atomic E-state index is 10.3. The Morgan fingerprint density at radius 3 is 2.70 bits per heavy atom. The van der Waals surface area contributed by atoms with E-state index < -0.39 is 0 Å². The van der Waals surface area contributed by atoms with E-state index in [1.807, 2.05) is 19.1 Å². The van der Waals surface area contributed by atoms with Crippen molar-refractivity contribution in [3.05, 3.63) is 47.1 Å². The largest absolute Gasteiger partial charge is 0.299 e. The molecule has 0 amide bonds. The molecule has 0 bridgehead atoms. The number of hydrogen-bond donors (Lipinski definition) is 0. The predicted molar refractivity (Wildman–Crippen MR) is 87.7 cm³/mol. The standard InChI is InChI=1S/C19H28O/c1-16(13-15-20)10-7-5-6-8-12-18-17(2)11-9-14-19(18,3)4/h5-7,10,13,15H,8-9,11-12,14H2,1-4H3/b6-5+,10-7+,16-13+. The molecule has 0 N–H and O–H groups in total. The molecule has 1 rings (SSSR count). The topological polar surface area (TPSA) is 17.1 Å². The van der Waals surface area contributed by atoms with Gasteiger partial charge in [-0.15, -0.1) is 0 Å². The molecule has 0 atom stereocenters. The van der Waals surface area contributed by atoms with Gasteiger partial charge in [-0.05, 0) is 63.0 Å². The lowest BCUT2D eigenvalue weighted by Crippen LogP contribution is -2.20. The summed E-state index contributed by atoms with van der Waals surface area (Å²) in [7, 11) is 0. The minimum atomic E-state index is 0.384. The van der Waals surface area contributed by atoms with Crippen molar-refractivity contribution in [3.8, 4) is 0 Å². The van der Waals surface area contributed by atoms with Crippen LogP contribution >= 0.6 is 0 Å². The van der Waals surface area contributed by atoms with Crippen LogP contribution in [0.2, 0.25) is 0 Å². The zero-order chi connectivity index (χ0) is 15.0. The lowest BCUT2D eigenvalue weighted by molar-refractivity contribution is -0.104. The van der Waals surface area contributed by atoms with Crippen molar-refractivity contribution in [2.45, 2.75) is 59.8 Å². The van der Waals surface area contributed by atoms with Crippen LogP contribution in [0.1, 0.15) is 59.8 Å². The predicted octanol–water partition coefficient (Wildman–Crippen LogP) is 5.55. The summed E-state index contributed by atoms with van der Waals surface area (Å²) in [5.74, 6) is 0. The minimum absolute atomic E-state index is 0.384. The third-order valence-corrected chi connectivity index (χ3v) is 4.18. The molecule has 0 spiro atoms. The molecular weight excluding hydrogens is 244 g/mol. The molecular formula is C19H28O. The quantitative estimate of drug-likeness (QED) is 0.268. The highest BCUT2D eigenvalue weighted by atomic mass is 16.1. The Kier molecular flexibility index (Phi) is 6.70. The molecule has 1 aliphatic carbocycles. The maximum absolute atomic E-state index is 10.3. The van der Waals surface area contributed by atoms with Crippen molar-refractivity contribution in [3.63, 3.8) is 0 Å². The molecule has 0 fully saturated rings. The van der Waals surface area contributed by atoms with Crippen molar-refractivity contribution in [1.29, 1.82) is 0 Å². The normalized spacial score (nSPS) is 20.1. The van der Waals surface area contributed by atoms with Gasteiger partial charge in [0.1, 0.15) is 6.29 Å². The van der Waals surface area contributed by atoms with Gasteiger partial charge in [0.25, 0.3) is 0 Å². The van der Waals surface area contributed by atoms with E-state index in [4.69, 9.17) is 0 Å². The molecule has 0 aromatic rings. The number of aldehydes is 1. The van der Waals surface area contributed by atoms with Crippen molar-refractivity contribution in [2.24, 2.45) is 5.41 Å². The van der Waals surface area contributed by atoms with E-state index >= 15 is 0 Å². The first-order chi connectivity index (χ1) is 9.47. The number of carbonyl (C=O) groups excluding carboxylic acids is 1. The second kappa shape index (κ2) is 8.04. The summed E-state index contributed by atoms with van der Waals surface area (Å²) < 4.78 is 0. The zero-order valence-corrected chi connectivity index (χ0v) is 13.4. The van der Waals surface area contributed by atoms with Crippen molar-refractivity contribution >= 4 is 6.29 Å². The molecule has 1 nitrogen and oxygen atoms in total. The molecule has 0 saturated carbocycles. The van der Waals surface area contributed by atoms with E-state index in [-0.39, 0.29) is 0 Å². The van der Waals surface area contributed by atoms with E-state index in [9.17, 15) is 4.79 Å². The minimum Gasteiger partial charge on any atom is -0.299 e. The Morgan fingerprint density at radius 2 is 2.05 bits per heavy atom. The molecule has 0 heterocycles. The molecule has 1 heteroatoms. The van der Waals surface area contributed by atoms with Crippen molar-refractivity contribution < 1.29 is 4.79 Å². The van der Waals surface area contributed by atoms with Crippen molar-refractivity contribution in [2.75, 3.05) is 0 Å². The van der Waals surface area contributed by atoms with Gasteiger partial charge in [0.05, 0.1) is 0 Å². The van der Waals surface area contributed by atoms with Gasteiger partial charge in [-0.25, -0.2) is 0 Å². The number of rotatable bonds is 6. The van der Waals surface area contributed by atoms with Gasteiger partial charge in [-0.2, -0.15) is 0 Å². The van der Waals surface area contributed by atoms with Crippen LogP contribution in [0.4, 0.5) is 0 Å². The monoisotopic (exact) mass is 272 g/mol. The highest BCUT2D eigenvalue weighted by molar-refractivity contribution is 5.66. The van der Waals surface area contributed by atoms with Gasteiger partial charge in [-0.3, -0.25) is 4.79 Å². The lowest BCUT2D eigenvalue weighted by atomic mass is 9.71. The number of allylic oxidation sites excluding steroid dienone is 8. The molecule has 0 radical (unpaired) electrons. The van der Waals surface area contributed by atoms with Crippen LogP contribution in [0.3, 0.4) is 0 Å². The molecule has 0 unspecified atom stereocenters. The molecule has 0 aliphatic heterocycles. The van der Waals surface area contributed by atoms with Crippen LogP contribution in [0, 0.1) is 5.41 Å². The first kappa shape index (κ1) is 16.7. The second-order valence-electron chi connectivity index (χ2n) is 6.37. The number of carbonyl (C=O) groups is 1. The van der Waals surface area contributed by atoms with Gasteiger partial charge in [0.15, 0.2) is 0 Å². The fraction of sp³-hybridized carbons (Fsp3) is 0.526. The van der Waals surface area contributed by atoms with Crippen LogP contribution < -0.4 is 0 Å². The fourth-order valence-electron chi connectivity index (χ4n) is 3.00. The summed E-state index contributed by atoms with van der Waals surface area (Å²) in [6.07, 6.45) is 16.8. The highest BCUT2D eigenvalue weighted by Gasteiger charge is 2.27. The fourth-order valence-corrected chi connectivity index (χ4v) is 3.00. The Labute approximate surface area is 124 Å². The molecule has 0 saturated heterocycles. The molecule has 0 aromatic carbocycles. The lowest BCUT2D eigenvalue weighted by Gasteiger charge is -2.34. The van der Waals surface area contributed by atoms with Gasteiger partial charge in [-0.1, -0.05) is 49.3 Å². The summed E-state index contributed by atoms with van der Waals surface area (Å²) in [4.78, 5) is 10.3. The number of hydrogen-bond acceptors (Lipinski definition) is 1. The maximum Gasteiger partial charge on any atom is 0.143 e. The average molecular weight is 272 g/mol. The van der Waals surface area contributed by atoms with Crippen LogP contribution in [0.5, 0.6) is 0 Å². The first-order valence-corrected chi connectivity index (χ1v) is 7.62. The summed E-state index contributed by atoms with van der Waals surface area (Å²) in [6.45, 7) is 8.98. The van der Waals surface area contributed by atoms with Crippen LogP contribution in [-0.2, 0) is 4.79 Å². The smallest absolute Gasteiger partial charge is 0.143 e. The van der Waals surface area contributed by atoms with Gasteiger partial charge < -0.3 is 0 Å². The Hall–Kier alpha value is -1.37. The third kappa shape index (κ3) is 5.32. The summed E-state index contributed by atoms with van der Waals surface area (Å²) in [5.41, 5.74) is 4.64. The second-order valence-corrected chi connectivity index (χ2v) is 6.37. The average Bonchev–Trinajstić information content (AvgIpc) is 2.36. The van der Waals surface area contributed by atoms with E-state index in [1.54, 1.807) is 17.2 Å².